The summed E-state index contributed by atoms with van der Waals surface area (Å²) in [6.07, 6.45) is 6.11. The minimum atomic E-state index is 0.903. The number of pyridine rings is 2. The Morgan fingerprint density at radius 3 is 2.61 bits per heavy atom. The van der Waals surface area contributed by atoms with Crippen LogP contribution >= 0.6 is 0 Å². The minimum Gasteiger partial charge on any atom is -0.345 e. The fourth-order valence-corrected chi connectivity index (χ4v) is 3.03. The lowest BCUT2D eigenvalue weighted by atomic mass is 10.2. The van der Waals surface area contributed by atoms with Crippen LogP contribution in [-0.4, -0.2) is 14.5 Å². The normalized spacial score (nSPS) is 11.1. The van der Waals surface area contributed by atoms with Gasteiger partial charge in [0, 0.05) is 30.0 Å². The van der Waals surface area contributed by atoms with Gasteiger partial charge in [-0.05, 0) is 51.0 Å². The van der Waals surface area contributed by atoms with Gasteiger partial charge in [0.2, 0.25) is 0 Å². The van der Waals surface area contributed by atoms with Crippen molar-refractivity contribution >= 4 is 22.4 Å². The van der Waals surface area contributed by atoms with Gasteiger partial charge in [0.1, 0.15) is 5.82 Å². The highest BCUT2D eigenvalue weighted by atomic mass is 15.0. The molecule has 0 amide bonds. The van der Waals surface area contributed by atoms with Crippen molar-refractivity contribution in [3.05, 3.63) is 47.5 Å². The van der Waals surface area contributed by atoms with Crippen molar-refractivity contribution in [1.29, 1.82) is 0 Å². The Kier molecular flexibility index (Phi) is 4.33. The van der Waals surface area contributed by atoms with Crippen LogP contribution in [0.1, 0.15) is 36.7 Å². The Balaban J connectivity index is 2.05. The molecular formula is C19H24N4. The molecule has 3 aromatic rings. The third-order valence-electron chi connectivity index (χ3n) is 4.36. The third kappa shape index (κ3) is 2.93. The number of rotatable bonds is 5. The second-order valence-corrected chi connectivity index (χ2v) is 6.10. The molecule has 0 aliphatic rings. The van der Waals surface area contributed by atoms with Gasteiger partial charge in [0.25, 0.3) is 0 Å². The van der Waals surface area contributed by atoms with Gasteiger partial charge in [0.05, 0.1) is 16.9 Å². The van der Waals surface area contributed by atoms with E-state index in [0.29, 0.717) is 0 Å². The predicted octanol–water partition coefficient (Wildman–Crippen LogP) is 4.90. The topological polar surface area (TPSA) is 42.7 Å². The predicted molar refractivity (Wildman–Crippen MR) is 96.4 cm³/mol. The molecule has 23 heavy (non-hydrogen) atoms. The van der Waals surface area contributed by atoms with Crippen molar-refractivity contribution in [1.82, 2.24) is 14.5 Å². The van der Waals surface area contributed by atoms with Gasteiger partial charge < -0.3 is 9.88 Å². The van der Waals surface area contributed by atoms with Gasteiger partial charge in [-0.25, -0.2) is 4.98 Å². The van der Waals surface area contributed by atoms with Crippen LogP contribution in [0.2, 0.25) is 0 Å². The lowest BCUT2D eigenvalue weighted by Crippen LogP contribution is -2.01. The maximum Gasteiger partial charge on any atom is 0.139 e. The monoisotopic (exact) mass is 308 g/mol. The van der Waals surface area contributed by atoms with Gasteiger partial charge >= 0.3 is 0 Å². The minimum absolute atomic E-state index is 0.903. The number of aromatic nitrogens is 3. The molecule has 0 atom stereocenters. The zero-order chi connectivity index (χ0) is 16.4. The van der Waals surface area contributed by atoms with Crippen molar-refractivity contribution < 1.29 is 0 Å². The van der Waals surface area contributed by atoms with Crippen molar-refractivity contribution in [2.75, 3.05) is 5.32 Å². The first-order chi connectivity index (χ1) is 11.1. The molecule has 0 bridgehead atoms. The first kappa shape index (κ1) is 15.5. The molecule has 0 fully saturated rings. The lowest BCUT2D eigenvalue weighted by Gasteiger charge is -2.12. The lowest BCUT2D eigenvalue weighted by molar-refractivity contribution is 0.637. The smallest absolute Gasteiger partial charge is 0.139 e. The SMILES string of the molecule is CCCCn1c(C)cc2c(Nc3c(C)ccnc3C)nccc21. The highest BCUT2D eigenvalue weighted by molar-refractivity contribution is 5.93. The number of nitrogens with zero attached hydrogens (tertiary/aromatic N) is 3. The Hall–Kier alpha value is -2.36. The van der Waals surface area contributed by atoms with Gasteiger partial charge in [0.15, 0.2) is 0 Å². The number of unbranched alkanes of at least 4 members (excludes halogenated alkanes) is 1. The van der Waals surface area contributed by atoms with Gasteiger partial charge in [-0.15, -0.1) is 0 Å². The first-order valence-corrected chi connectivity index (χ1v) is 8.26. The summed E-state index contributed by atoms with van der Waals surface area (Å²) < 4.78 is 2.38. The summed E-state index contributed by atoms with van der Waals surface area (Å²) in [6.45, 7) is 9.56. The first-order valence-electron chi connectivity index (χ1n) is 8.26. The Morgan fingerprint density at radius 2 is 1.87 bits per heavy atom. The quantitative estimate of drug-likeness (QED) is 0.729. The van der Waals surface area contributed by atoms with Crippen molar-refractivity contribution in [2.24, 2.45) is 0 Å². The maximum atomic E-state index is 4.57. The Bertz CT molecular complexity index is 812. The van der Waals surface area contributed by atoms with Crippen molar-refractivity contribution in [3.8, 4) is 0 Å². The number of anilines is 2. The second-order valence-electron chi connectivity index (χ2n) is 6.10. The van der Waals surface area contributed by atoms with E-state index in [9.17, 15) is 0 Å². The highest BCUT2D eigenvalue weighted by Crippen LogP contribution is 2.29. The number of nitrogens with one attached hydrogen (secondary N) is 1. The highest BCUT2D eigenvalue weighted by Gasteiger charge is 2.12. The fraction of sp³-hybridized carbons (Fsp3) is 0.368. The number of hydrogen-bond acceptors (Lipinski definition) is 3. The molecular weight excluding hydrogens is 284 g/mol. The average molecular weight is 308 g/mol. The number of fused-ring (bicyclic) bond motifs is 1. The van der Waals surface area contributed by atoms with Gasteiger partial charge in [-0.1, -0.05) is 13.3 Å². The standard InChI is InChI=1S/C19H24N4/c1-5-6-11-23-14(3)12-16-17(23)8-10-21-19(16)22-18-13(2)7-9-20-15(18)4/h7-10,12H,5-6,11H2,1-4H3,(H,21,22). The van der Waals surface area contributed by atoms with Crippen molar-refractivity contribution in [2.45, 2.75) is 47.1 Å². The molecule has 0 aliphatic carbocycles. The molecule has 0 aliphatic heterocycles. The molecule has 4 nitrogen and oxygen atoms in total. The van der Waals surface area contributed by atoms with Crippen molar-refractivity contribution in [3.63, 3.8) is 0 Å². The van der Waals surface area contributed by atoms with E-state index in [1.165, 1.54) is 35.0 Å². The van der Waals surface area contributed by atoms with Crippen LogP contribution in [-0.2, 0) is 6.54 Å². The zero-order valence-electron chi connectivity index (χ0n) is 14.3. The van der Waals surface area contributed by atoms with Crippen LogP contribution in [0.15, 0.2) is 30.6 Å². The van der Waals surface area contributed by atoms with E-state index >= 15 is 0 Å². The van der Waals surface area contributed by atoms with E-state index in [2.05, 4.69) is 52.8 Å². The molecule has 3 rings (SSSR count). The molecule has 0 spiro atoms. The van der Waals surface area contributed by atoms with Gasteiger partial charge in [-0.3, -0.25) is 4.98 Å². The summed E-state index contributed by atoms with van der Waals surface area (Å²) in [4.78, 5) is 8.95. The van der Waals surface area contributed by atoms with Crippen LogP contribution < -0.4 is 5.32 Å². The average Bonchev–Trinajstić information content (AvgIpc) is 2.85. The van der Waals surface area contributed by atoms with Gasteiger partial charge in [-0.2, -0.15) is 0 Å². The fourth-order valence-electron chi connectivity index (χ4n) is 3.03. The molecule has 3 heterocycles. The summed E-state index contributed by atoms with van der Waals surface area (Å²) in [7, 11) is 0. The number of aryl methyl sites for hydroxylation is 4. The Morgan fingerprint density at radius 1 is 1.09 bits per heavy atom. The van der Waals surface area contributed by atoms with E-state index in [4.69, 9.17) is 0 Å². The van der Waals surface area contributed by atoms with Crippen LogP contribution in [0.4, 0.5) is 11.5 Å². The van der Waals surface area contributed by atoms with E-state index in [0.717, 1.165) is 23.7 Å². The molecule has 0 saturated heterocycles. The van der Waals surface area contributed by atoms with Crippen LogP contribution in [0, 0.1) is 20.8 Å². The zero-order valence-corrected chi connectivity index (χ0v) is 14.3. The molecule has 3 aromatic heterocycles. The van der Waals surface area contributed by atoms with Crippen LogP contribution in [0.5, 0.6) is 0 Å². The molecule has 0 saturated carbocycles. The molecule has 1 N–H and O–H groups in total. The summed E-state index contributed by atoms with van der Waals surface area (Å²) in [5.74, 6) is 0.903. The summed E-state index contributed by atoms with van der Waals surface area (Å²) >= 11 is 0. The maximum absolute atomic E-state index is 4.57. The van der Waals surface area contributed by atoms with E-state index < -0.39 is 0 Å². The molecule has 0 unspecified atom stereocenters. The molecule has 4 heteroatoms. The molecule has 0 aromatic carbocycles. The van der Waals surface area contributed by atoms with E-state index in [1.807, 2.05) is 25.4 Å². The van der Waals surface area contributed by atoms with Crippen LogP contribution in [0.3, 0.4) is 0 Å². The Labute approximate surface area is 137 Å². The summed E-state index contributed by atoms with van der Waals surface area (Å²) in [6, 6.07) is 6.35. The van der Waals surface area contributed by atoms with Crippen LogP contribution in [0.25, 0.3) is 10.9 Å². The van der Waals surface area contributed by atoms with E-state index in [-0.39, 0.29) is 0 Å². The largest absolute Gasteiger partial charge is 0.345 e. The summed E-state index contributed by atoms with van der Waals surface area (Å²) in [5.41, 5.74) is 5.74. The summed E-state index contributed by atoms with van der Waals surface area (Å²) in [5, 5.41) is 4.66. The van der Waals surface area contributed by atoms with E-state index in [1.54, 1.807) is 0 Å². The second kappa shape index (κ2) is 6.41. The molecule has 120 valence electrons. The molecule has 0 radical (unpaired) electrons. The third-order valence-corrected chi connectivity index (χ3v) is 4.36. The number of hydrogen-bond donors (Lipinski definition) is 1.